The number of hydrogen-bond donors (Lipinski definition) is 1. The lowest BCUT2D eigenvalue weighted by molar-refractivity contribution is -0.163. The molecule has 0 unspecified atom stereocenters. The van der Waals surface area contributed by atoms with Crippen LogP contribution in [-0.2, 0) is 16.1 Å². The van der Waals surface area contributed by atoms with Crippen LogP contribution in [0.1, 0.15) is 78.1 Å². The van der Waals surface area contributed by atoms with E-state index in [1.165, 1.54) is 25.7 Å². The number of benzene rings is 1. The second-order valence-electron chi connectivity index (χ2n) is 13.3. The molecule has 4 aliphatic rings. The lowest BCUT2D eigenvalue weighted by atomic mass is 9.42. The van der Waals surface area contributed by atoms with E-state index in [2.05, 4.69) is 22.5 Å². The molecule has 2 aromatic rings. The number of para-hydroxylation sites is 2. The Labute approximate surface area is 216 Å². The Morgan fingerprint density at radius 1 is 1.08 bits per heavy atom. The van der Waals surface area contributed by atoms with Crippen molar-refractivity contribution in [3.8, 4) is 0 Å². The number of imidazole rings is 1. The Hall–Kier alpha value is -1.72. The molecule has 1 N–H and O–H groups in total. The van der Waals surface area contributed by atoms with Gasteiger partial charge in [-0.05, 0) is 118 Å². The van der Waals surface area contributed by atoms with Gasteiger partial charge in [0.25, 0.3) is 0 Å². The number of rotatable bonds is 6. The summed E-state index contributed by atoms with van der Waals surface area (Å²) in [6.07, 6.45) is 13.1. The number of hydrogen-bond acceptors (Lipinski definition) is 4. The maximum absolute atomic E-state index is 13.8. The van der Waals surface area contributed by atoms with Crippen molar-refractivity contribution >= 4 is 16.8 Å². The number of ether oxygens (including phenoxy) is 1. The quantitative estimate of drug-likeness (QED) is 0.535. The Morgan fingerprint density at radius 2 is 1.92 bits per heavy atom. The number of ketones is 1. The van der Waals surface area contributed by atoms with Crippen LogP contribution in [0.2, 0.25) is 0 Å². The molecular weight excluding hydrogens is 448 g/mol. The molecule has 1 heterocycles. The van der Waals surface area contributed by atoms with Gasteiger partial charge in [-0.25, -0.2) is 4.98 Å². The standard InChI is InChI=1S/C31H44N2O3/c1-29(35)14-15-31(16-17-36-3)21(18-29)8-9-22-23-10-11-25(30(23,2)13-12-24(22)31)28(34)19-33-20-32-26-6-4-5-7-27(26)33/h4-7,20-25,35H,8-19H2,1-3H3/t21-,22-,23-,24-,25+,29+,30-,31+/m0/s1. The molecule has 1 aromatic carbocycles. The molecule has 36 heavy (non-hydrogen) atoms. The Bertz CT molecular complexity index is 1120. The van der Waals surface area contributed by atoms with E-state index < -0.39 is 5.60 Å². The van der Waals surface area contributed by atoms with Gasteiger partial charge in [0.2, 0.25) is 0 Å². The van der Waals surface area contributed by atoms with Crippen LogP contribution in [0.3, 0.4) is 0 Å². The summed E-state index contributed by atoms with van der Waals surface area (Å²) in [5.74, 6) is 3.24. The van der Waals surface area contributed by atoms with Gasteiger partial charge < -0.3 is 14.4 Å². The zero-order chi connectivity index (χ0) is 25.1. The second-order valence-corrected chi connectivity index (χ2v) is 13.3. The van der Waals surface area contributed by atoms with E-state index >= 15 is 0 Å². The van der Waals surface area contributed by atoms with E-state index in [4.69, 9.17) is 4.74 Å². The van der Waals surface area contributed by atoms with Crippen molar-refractivity contribution in [3.63, 3.8) is 0 Å². The van der Waals surface area contributed by atoms with Gasteiger partial charge in [-0.1, -0.05) is 19.1 Å². The molecule has 5 heteroatoms. The highest BCUT2D eigenvalue weighted by molar-refractivity contribution is 5.84. The zero-order valence-electron chi connectivity index (χ0n) is 22.4. The van der Waals surface area contributed by atoms with E-state index in [9.17, 15) is 9.90 Å². The number of nitrogens with zero attached hydrogens (tertiary/aromatic N) is 2. The number of carbonyl (C=O) groups is 1. The van der Waals surface area contributed by atoms with Gasteiger partial charge in [0.15, 0.2) is 5.78 Å². The van der Waals surface area contributed by atoms with E-state index in [1.807, 2.05) is 38.6 Å². The first-order chi connectivity index (χ1) is 17.3. The normalized spacial score (nSPS) is 42.1. The molecule has 4 fully saturated rings. The summed E-state index contributed by atoms with van der Waals surface area (Å²) in [6, 6.07) is 8.12. The summed E-state index contributed by atoms with van der Waals surface area (Å²) in [7, 11) is 1.83. The molecule has 0 aliphatic heterocycles. The van der Waals surface area contributed by atoms with Crippen LogP contribution in [-0.4, -0.2) is 39.8 Å². The number of aromatic nitrogens is 2. The summed E-state index contributed by atoms with van der Waals surface area (Å²) < 4.78 is 7.70. The fraction of sp³-hybridized carbons (Fsp3) is 0.742. The second kappa shape index (κ2) is 8.94. The minimum atomic E-state index is -0.514. The molecule has 196 valence electrons. The van der Waals surface area contributed by atoms with Crippen LogP contribution in [0.15, 0.2) is 30.6 Å². The number of fused-ring (bicyclic) bond motifs is 6. The summed E-state index contributed by atoms with van der Waals surface area (Å²) in [4.78, 5) is 18.3. The zero-order valence-corrected chi connectivity index (χ0v) is 22.4. The minimum Gasteiger partial charge on any atom is -0.390 e. The van der Waals surface area contributed by atoms with Gasteiger partial charge in [0, 0.05) is 19.6 Å². The van der Waals surface area contributed by atoms with Crippen LogP contribution >= 0.6 is 0 Å². The van der Waals surface area contributed by atoms with Gasteiger partial charge in [-0.15, -0.1) is 0 Å². The number of carbonyl (C=O) groups excluding carboxylic acids is 1. The van der Waals surface area contributed by atoms with Gasteiger partial charge in [0.1, 0.15) is 0 Å². The Balaban J connectivity index is 1.24. The Kier molecular flexibility index (Phi) is 6.11. The van der Waals surface area contributed by atoms with E-state index in [0.717, 1.165) is 56.2 Å². The number of Topliss-reactive ketones (excluding diaryl/α,β-unsaturated/α-hetero) is 1. The summed E-state index contributed by atoms with van der Waals surface area (Å²) in [6.45, 7) is 5.77. The van der Waals surface area contributed by atoms with Gasteiger partial charge >= 0.3 is 0 Å². The first kappa shape index (κ1) is 24.6. The van der Waals surface area contributed by atoms with Gasteiger partial charge in [0.05, 0.1) is 29.5 Å². The summed E-state index contributed by atoms with van der Waals surface area (Å²) in [5.41, 5.74) is 1.93. The van der Waals surface area contributed by atoms with Crippen LogP contribution in [0.4, 0.5) is 0 Å². The first-order valence-corrected chi connectivity index (χ1v) is 14.4. The van der Waals surface area contributed by atoms with Crippen LogP contribution in [0.5, 0.6) is 0 Å². The van der Waals surface area contributed by atoms with Crippen molar-refractivity contribution in [2.24, 2.45) is 40.4 Å². The molecule has 1 aromatic heterocycles. The topological polar surface area (TPSA) is 64.3 Å². The predicted octanol–water partition coefficient (Wildman–Crippen LogP) is 6.03. The number of methoxy groups -OCH3 is 1. The Morgan fingerprint density at radius 3 is 2.75 bits per heavy atom. The molecule has 0 spiro atoms. The van der Waals surface area contributed by atoms with Crippen molar-refractivity contribution in [3.05, 3.63) is 30.6 Å². The summed E-state index contributed by atoms with van der Waals surface area (Å²) >= 11 is 0. The van der Waals surface area contributed by atoms with Gasteiger partial charge in [-0.2, -0.15) is 0 Å². The monoisotopic (exact) mass is 492 g/mol. The molecule has 4 aliphatic carbocycles. The van der Waals surface area contributed by atoms with Crippen molar-refractivity contribution in [2.75, 3.05) is 13.7 Å². The molecule has 6 rings (SSSR count). The maximum Gasteiger partial charge on any atom is 0.156 e. The molecule has 4 saturated carbocycles. The minimum absolute atomic E-state index is 0.115. The molecular formula is C31H44N2O3. The lowest BCUT2D eigenvalue weighted by Gasteiger charge is -2.63. The van der Waals surface area contributed by atoms with Crippen molar-refractivity contribution in [2.45, 2.75) is 90.2 Å². The maximum atomic E-state index is 13.8. The predicted molar refractivity (Wildman–Crippen MR) is 141 cm³/mol. The van der Waals surface area contributed by atoms with Crippen LogP contribution in [0.25, 0.3) is 11.0 Å². The molecule has 0 radical (unpaired) electrons. The van der Waals surface area contributed by atoms with Crippen LogP contribution < -0.4 is 0 Å². The van der Waals surface area contributed by atoms with Crippen molar-refractivity contribution < 1.29 is 14.6 Å². The van der Waals surface area contributed by atoms with Gasteiger partial charge in [-0.3, -0.25) is 4.79 Å². The third-order valence-corrected chi connectivity index (χ3v) is 11.7. The SMILES string of the molecule is COCC[C@]12CC[C@@](C)(O)C[C@@H]1CC[C@H]1[C@@H]3CC[C@H](C(=O)Cn4cnc5ccccc54)[C@@]3(C)CC[C@@H]12. The van der Waals surface area contributed by atoms with Crippen LogP contribution in [0, 0.1) is 40.4 Å². The molecule has 0 saturated heterocycles. The third-order valence-electron chi connectivity index (χ3n) is 11.7. The van der Waals surface area contributed by atoms with E-state index in [0.29, 0.717) is 41.4 Å². The largest absolute Gasteiger partial charge is 0.390 e. The average molecular weight is 493 g/mol. The third kappa shape index (κ3) is 3.79. The van der Waals surface area contributed by atoms with Crippen molar-refractivity contribution in [1.29, 1.82) is 0 Å². The first-order valence-electron chi connectivity index (χ1n) is 14.4. The fourth-order valence-corrected chi connectivity index (χ4v) is 9.97. The average Bonchev–Trinajstić information content (AvgIpc) is 3.43. The van der Waals surface area contributed by atoms with E-state index in [1.54, 1.807) is 0 Å². The highest BCUT2D eigenvalue weighted by Gasteiger charge is 2.62. The highest BCUT2D eigenvalue weighted by atomic mass is 16.5. The summed E-state index contributed by atoms with van der Waals surface area (Å²) in [5, 5.41) is 10.9. The lowest BCUT2D eigenvalue weighted by Crippen LogP contribution is -2.57. The van der Waals surface area contributed by atoms with E-state index in [-0.39, 0.29) is 11.3 Å². The van der Waals surface area contributed by atoms with Crippen molar-refractivity contribution in [1.82, 2.24) is 9.55 Å². The molecule has 0 bridgehead atoms. The molecule has 0 amide bonds. The molecule has 8 atom stereocenters. The number of aliphatic hydroxyl groups is 1. The fourth-order valence-electron chi connectivity index (χ4n) is 9.97. The smallest absolute Gasteiger partial charge is 0.156 e. The highest BCUT2D eigenvalue weighted by Crippen LogP contribution is 2.69. The molecule has 5 nitrogen and oxygen atoms in total.